The van der Waals surface area contributed by atoms with Gasteiger partial charge in [0.2, 0.25) is 0 Å². The van der Waals surface area contributed by atoms with Gasteiger partial charge in [-0.3, -0.25) is 9.59 Å². The first-order valence-corrected chi connectivity index (χ1v) is 11.6. The van der Waals surface area contributed by atoms with Gasteiger partial charge in [0.1, 0.15) is 5.78 Å². The fraction of sp³-hybridized carbons (Fsp3) is 0.840. The van der Waals surface area contributed by atoms with Crippen molar-refractivity contribution in [1.82, 2.24) is 0 Å². The highest BCUT2D eigenvalue weighted by Gasteiger charge is 2.62. The summed E-state index contributed by atoms with van der Waals surface area (Å²) in [5.74, 6) is 3.48. The van der Waals surface area contributed by atoms with Gasteiger partial charge in [-0.25, -0.2) is 0 Å². The lowest BCUT2D eigenvalue weighted by Gasteiger charge is -2.59. The van der Waals surface area contributed by atoms with Crippen LogP contribution in [0.15, 0.2) is 12.2 Å². The van der Waals surface area contributed by atoms with Gasteiger partial charge in [-0.1, -0.05) is 32.9 Å². The van der Waals surface area contributed by atoms with E-state index in [-0.39, 0.29) is 17.3 Å². The Morgan fingerprint density at radius 2 is 1.93 bits per heavy atom. The zero-order valence-corrected chi connectivity index (χ0v) is 18.2. The Balaban J connectivity index is 1.55. The van der Waals surface area contributed by atoms with Crippen molar-refractivity contribution in [3.63, 3.8) is 0 Å². The van der Waals surface area contributed by atoms with Gasteiger partial charge in [0.25, 0.3) is 0 Å². The number of hydrogen-bond acceptors (Lipinski definition) is 3. The molecule has 0 aromatic carbocycles. The number of ether oxygens (including phenoxy) is 1. The average molecular weight is 387 g/mol. The first-order valence-electron chi connectivity index (χ1n) is 11.6. The minimum absolute atomic E-state index is 0.0953. The largest absolute Gasteiger partial charge is 0.469 e. The van der Waals surface area contributed by atoms with Gasteiger partial charge in [-0.2, -0.15) is 0 Å². The second kappa shape index (κ2) is 7.29. The van der Waals surface area contributed by atoms with E-state index in [1.165, 1.54) is 45.6 Å². The molecule has 4 aliphatic rings. The molecule has 0 spiro atoms. The number of fused-ring (bicyclic) bond motifs is 5. The zero-order valence-electron chi connectivity index (χ0n) is 18.2. The van der Waals surface area contributed by atoms with Gasteiger partial charge in [0.05, 0.1) is 7.11 Å². The Morgan fingerprint density at radius 1 is 1.18 bits per heavy atom. The molecule has 3 heteroatoms. The summed E-state index contributed by atoms with van der Waals surface area (Å²) in [5.41, 5.74) is 0.587. The number of Topliss-reactive ketones (excluding diaryl/α,β-unsaturated/α-hetero) is 1. The zero-order chi connectivity index (χ0) is 20.1. The van der Waals surface area contributed by atoms with Crippen LogP contribution in [0.25, 0.3) is 0 Å². The van der Waals surface area contributed by atoms with E-state index < -0.39 is 0 Å². The van der Waals surface area contributed by atoms with E-state index in [1.807, 2.05) is 0 Å². The lowest BCUT2D eigenvalue weighted by Crippen LogP contribution is -2.55. The van der Waals surface area contributed by atoms with Crippen molar-refractivity contribution in [1.29, 1.82) is 0 Å². The fourth-order valence-electron chi connectivity index (χ4n) is 8.13. The van der Waals surface area contributed by atoms with Crippen molar-refractivity contribution in [2.45, 2.75) is 78.6 Å². The number of carbonyl (C=O) groups excluding carboxylic acids is 2. The van der Waals surface area contributed by atoms with Gasteiger partial charge < -0.3 is 4.74 Å². The first-order chi connectivity index (χ1) is 13.3. The molecular weight excluding hydrogens is 348 g/mol. The van der Waals surface area contributed by atoms with Crippen LogP contribution < -0.4 is 0 Å². The molecule has 0 radical (unpaired) electrons. The van der Waals surface area contributed by atoms with Crippen molar-refractivity contribution in [3.8, 4) is 0 Å². The summed E-state index contributed by atoms with van der Waals surface area (Å²) in [4.78, 5) is 25.0. The van der Waals surface area contributed by atoms with E-state index in [0.29, 0.717) is 47.2 Å². The summed E-state index contributed by atoms with van der Waals surface area (Å²) in [5, 5.41) is 0. The Morgan fingerprint density at radius 3 is 2.68 bits per heavy atom. The molecule has 8 atom stereocenters. The van der Waals surface area contributed by atoms with Crippen LogP contribution in [0, 0.1) is 46.3 Å². The maximum Gasteiger partial charge on any atom is 0.305 e. The summed E-state index contributed by atoms with van der Waals surface area (Å²) in [7, 11) is 1.48. The summed E-state index contributed by atoms with van der Waals surface area (Å²) < 4.78 is 4.85. The van der Waals surface area contributed by atoms with Crippen LogP contribution in [0.1, 0.15) is 78.6 Å². The topological polar surface area (TPSA) is 43.4 Å². The SMILES string of the molecule is COC(=O)CCC(C)[C@H]1CC[C@H]2[C@@H]3C(=O)C[C@@H]4C=CCC[C@]4(C)[C@H]3CC[C@]12C. The number of ketones is 1. The number of allylic oxidation sites excluding steroid dienone is 2. The number of hydrogen-bond donors (Lipinski definition) is 0. The predicted octanol–water partition coefficient (Wildman–Crippen LogP) is 5.58. The molecule has 0 bridgehead atoms. The van der Waals surface area contributed by atoms with E-state index in [1.54, 1.807) is 0 Å². The summed E-state index contributed by atoms with van der Waals surface area (Å²) in [6, 6.07) is 0. The summed E-state index contributed by atoms with van der Waals surface area (Å²) in [6.07, 6.45) is 14.2. The predicted molar refractivity (Wildman–Crippen MR) is 111 cm³/mol. The number of methoxy groups -OCH3 is 1. The highest BCUT2D eigenvalue weighted by Crippen LogP contribution is 2.67. The third-order valence-electron chi connectivity index (χ3n) is 9.77. The van der Waals surface area contributed by atoms with Gasteiger partial charge in [0.15, 0.2) is 0 Å². The minimum atomic E-state index is -0.0953. The van der Waals surface area contributed by atoms with Crippen LogP contribution in [0.4, 0.5) is 0 Å². The maximum absolute atomic E-state index is 13.3. The normalized spacial score (nSPS) is 45.7. The lowest BCUT2D eigenvalue weighted by atomic mass is 9.45. The van der Waals surface area contributed by atoms with Gasteiger partial charge in [-0.15, -0.1) is 0 Å². The van der Waals surface area contributed by atoms with Crippen molar-refractivity contribution in [3.05, 3.63) is 12.2 Å². The second-order valence-electron chi connectivity index (χ2n) is 10.8. The Bertz CT molecular complexity index is 667. The smallest absolute Gasteiger partial charge is 0.305 e. The molecule has 3 saturated carbocycles. The molecule has 3 nitrogen and oxygen atoms in total. The van der Waals surface area contributed by atoms with Crippen LogP contribution in [0.5, 0.6) is 0 Å². The van der Waals surface area contributed by atoms with E-state index in [0.717, 1.165) is 12.8 Å². The Labute approximate surface area is 170 Å². The molecule has 4 rings (SSSR count). The average Bonchev–Trinajstić information content (AvgIpc) is 3.03. The molecule has 0 aromatic rings. The lowest BCUT2D eigenvalue weighted by molar-refractivity contribution is -0.151. The summed E-state index contributed by atoms with van der Waals surface area (Å²) >= 11 is 0. The molecule has 1 unspecified atom stereocenters. The van der Waals surface area contributed by atoms with E-state index in [4.69, 9.17) is 4.74 Å². The van der Waals surface area contributed by atoms with Crippen LogP contribution in [0.2, 0.25) is 0 Å². The number of carbonyl (C=O) groups is 2. The van der Waals surface area contributed by atoms with E-state index in [2.05, 4.69) is 32.9 Å². The third-order valence-corrected chi connectivity index (χ3v) is 9.77. The van der Waals surface area contributed by atoms with E-state index >= 15 is 0 Å². The van der Waals surface area contributed by atoms with Crippen LogP contribution >= 0.6 is 0 Å². The second-order valence-corrected chi connectivity index (χ2v) is 10.8. The van der Waals surface area contributed by atoms with E-state index in [9.17, 15) is 9.59 Å². The Kier molecular flexibility index (Phi) is 5.25. The Hall–Kier alpha value is -1.12. The molecule has 0 aromatic heterocycles. The molecule has 3 fully saturated rings. The molecule has 0 saturated heterocycles. The maximum atomic E-state index is 13.3. The van der Waals surface area contributed by atoms with Crippen molar-refractivity contribution in [2.75, 3.05) is 7.11 Å². The fourth-order valence-corrected chi connectivity index (χ4v) is 8.13. The molecular formula is C25H38O3. The molecule has 28 heavy (non-hydrogen) atoms. The number of rotatable bonds is 4. The molecule has 4 aliphatic carbocycles. The van der Waals surface area contributed by atoms with Crippen molar-refractivity contribution in [2.24, 2.45) is 46.3 Å². The monoisotopic (exact) mass is 386 g/mol. The molecule has 0 heterocycles. The molecule has 0 aliphatic heterocycles. The van der Waals surface area contributed by atoms with Gasteiger partial charge >= 0.3 is 5.97 Å². The van der Waals surface area contributed by atoms with Gasteiger partial charge in [0, 0.05) is 18.8 Å². The standard InChI is InChI=1S/C25H38O3/c1-16(8-11-22(27)28-4)18-9-10-19-23-20(12-14-25(18,19)3)24(2)13-6-5-7-17(24)15-21(23)26/h5,7,16-20,23H,6,8-15H2,1-4H3/t16?,17-,18+,19-,20-,23-,24-,25+/m0/s1. The van der Waals surface area contributed by atoms with Crippen molar-refractivity contribution >= 4 is 11.8 Å². The van der Waals surface area contributed by atoms with Crippen LogP contribution in [0.3, 0.4) is 0 Å². The molecule has 0 amide bonds. The van der Waals surface area contributed by atoms with Crippen LogP contribution in [-0.4, -0.2) is 18.9 Å². The van der Waals surface area contributed by atoms with Crippen molar-refractivity contribution < 1.29 is 14.3 Å². The summed E-state index contributed by atoms with van der Waals surface area (Å²) in [6.45, 7) is 7.28. The third kappa shape index (κ3) is 2.99. The number of esters is 1. The van der Waals surface area contributed by atoms with Crippen LogP contribution in [-0.2, 0) is 14.3 Å². The first kappa shape index (κ1) is 20.2. The quantitative estimate of drug-likeness (QED) is 0.468. The highest BCUT2D eigenvalue weighted by atomic mass is 16.5. The minimum Gasteiger partial charge on any atom is -0.469 e. The van der Waals surface area contributed by atoms with Gasteiger partial charge in [-0.05, 0) is 85.4 Å². The molecule has 156 valence electrons. The highest BCUT2D eigenvalue weighted by molar-refractivity contribution is 5.83. The molecule has 0 N–H and O–H groups in total.